The fourth-order valence-corrected chi connectivity index (χ4v) is 2.18. The minimum atomic E-state index is 0.106. The molecule has 0 unspecified atom stereocenters. The van der Waals surface area contributed by atoms with Crippen molar-refractivity contribution in [3.05, 3.63) is 11.9 Å². The molecule has 1 N–H and O–H groups in total. The summed E-state index contributed by atoms with van der Waals surface area (Å²) in [6.07, 6.45) is 7.42. The zero-order valence-corrected chi connectivity index (χ0v) is 13.1. The molecule has 1 fully saturated rings. The highest BCUT2D eigenvalue weighted by Crippen LogP contribution is 2.28. The minimum absolute atomic E-state index is 0.106. The van der Waals surface area contributed by atoms with Crippen LogP contribution in [-0.4, -0.2) is 33.7 Å². The first-order valence-corrected chi connectivity index (χ1v) is 7.75. The topological polar surface area (TPSA) is 52.0 Å². The first kappa shape index (κ1) is 15.4. The second-order valence-corrected chi connectivity index (χ2v) is 6.77. The van der Waals surface area contributed by atoms with Crippen LogP contribution in [0, 0.1) is 5.92 Å². The Morgan fingerprint density at radius 1 is 1.35 bits per heavy atom. The average Bonchev–Trinajstić information content (AvgIpc) is 2.76. The van der Waals surface area contributed by atoms with E-state index < -0.39 is 0 Å². The third kappa shape index (κ3) is 5.59. The lowest BCUT2D eigenvalue weighted by Crippen LogP contribution is -2.35. The van der Waals surface area contributed by atoms with Gasteiger partial charge in [0.15, 0.2) is 0 Å². The van der Waals surface area contributed by atoms with Gasteiger partial charge in [0, 0.05) is 24.9 Å². The summed E-state index contributed by atoms with van der Waals surface area (Å²) in [4.78, 5) is 0. The predicted molar refractivity (Wildman–Crippen MR) is 79.4 cm³/mol. The Morgan fingerprint density at radius 2 is 2.15 bits per heavy atom. The molecule has 1 saturated carbocycles. The maximum absolute atomic E-state index is 5.66. The maximum atomic E-state index is 5.66. The molecule has 114 valence electrons. The van der Waals surface area contributed by atoms with E-state index in [4.69, 9.17) is 4.74 Å². The highest BCUT2D eigenvalue weighted by molar-refractivity contribution is 4.92. The fourth-order valence-electron chi connectivity index (χ4n) is 2.18. The second kappa shape index (κ2) is 7.18. The number of ether oxygens (including phenoxy) is 1. The normalized spacial score (nSPS) is 16.4. The van der Waals surface area contributed by atoms with Gasteiger partial charge in [-0.2, -0.15) is 0 Å². The van der Waals surface area contributed by atoms with Gasteiger partial charge in [-0.15, -0.1) is 5.10 Å². The van der Waals surface area contributed by atoms with Crippen LogP contribution in [0.25, 0.3) is 0 Å². The van der Waals surface area contributed by atoms with Crippen molar-refractivity contribution in [3.63, 3.8) is 0 Å². The summed E-state index contributed by atoms with van der Waals surface area (Å²) in [5, 5.41) is 11.7. The molecule has 0 saturated heterocycles. The summed E-state index contributed by atoms with van der Waals surface area (Å²) in [6, 6.07) is 0. The van der Waals surface area contributed by atoms with Gasteiger partial charge in [0.05, 0.1) is 18.8 Å². The van der Waals surface area contributed by atoms with E-state index >= 15 is 0 Å². The summed E-state index contributed by atoms with van der Waals surface area (Å²) in [6.45, 7) is 9.59. The first-order valence-electron chi connectivity index (χ1n) is 7.75. The predicted octanol–water partition coefficient (Wildman–Crippen LogP) is 2.37. The van der Waals surface area contributed by atoms with Crippen molar-refractivity contribution in [2.24, 2.45) is 5.92 Å². The van der Waals surface area contributed by atoms with Crippen molar-refractivity contribution >= 4 is 0 Å². The van der Waals surface area contributed by atoms with Gasteiger partial charge < -0.3 is 10.1 Å². The van der Waals surface area contributed by atoms with Gasteiger partial charge in [-0.05, 0) is 33.1 Å². The van der Waals surface area contributed by atoms with Gasteiger partial charge in [0.25, 0.3) is 0 Å². The molecule has 1 aromatic heterocycles. The van der Waals surface area contributed by atoms with Crippen LogP contribution in [0.15, 0.2) is 6.20 Å². The Bertz CT molecular complexity index is 393. The highest BCUT2D eigenvalue weighted by Gasteiger charge is 2.16. The Hall–Kier alpha value is -0.940. The molecule has 5 nitrogen and oxygen atoms in total. The Morgan fingerprint density at radius 3 is 2.80 bits per heavy atom. The van der Waals surface area contributed by atoms with Gasteiger partial charge in [0.1, 0.15) is 0 Å². The SMILES string of the molecule is CC(C)(C)NCc1cn(CCOCCC2CCC2)nn1. The molecule has 1 aromatic rings. The number of aromatic nitrogens is 3. The molecule has 2 rings (SSSR count). The number of nitrogens with zero attached hydrogens (tertiary/aromatic N) is 3. The van der Waals surface area contributed by atoms with E-state index in [0.29, 0.717) is 0 Å². The molecule has 1 aliphatic rings. The smallest absolute Gasteiger partial charge is 0.0965 e. The summed E-state index contributed by atoms with van der Waals surface area (Å²) in [5.74, 6) is 0.927. The molecule has 0 radical (unpaired) electrons. The van der Waals surface area contributed by atoms with Gasteiger partial charge in [0.2, 0.25) is 0 Å². The average molecular weight is 280 g/mol. The lowest BCUT2D eigenvalue weighted by Gasteiger charge is -2.24. The van der Waals surface area contributed by atoms with Crippen molar-refractivity contribution in [3.8, 4) is 0 Å². The van der Waals surface area contributed by atoms with E-state index in [1.54, 1.807) is 0 Å². The molecule has 0 spiro atoms. The van der Waals surface area contributed by atoms with Crippen molar-refractivity contribution in [2.45, 2.75) is 65.1 Å². The third-order valence-electron chi connectivity index (χ3n) is 3.75. The molecule has 0 aromatic carbocycles. The van der Waals surface area contributed by atoms with Crippen molar-refractivity contribution in [1.82, 2.24) is 20.3 Å². The summed E-state index contributed by atoms with van der Waals surface area (Å²) in [7, 11) is 0. The number of nitrogens with one attached hydrogen (secondary N) is 1. The zero-order valence-electron chi connectivity index (χ0n) is 13.1. The molecular formula is C15H28N4O. The molecule has 0 aliphatic heterocycles. The number of hydrogen-bond acceptors (Lipinski definition) is 4. The van der Waals surface area contributed by atoms with Crippen LogP contribution >= 0.6 is 0 Å². The minimum Gasteiger partial charge on any atom is -0.380 e. The van der Waals surface area contributed by atoms with Gasteiger partial charge in [-0.3, -0.25) is 0 Å². The molecule has 20 heavy (non-hydrogen) atoms. The Balaban J connectivity index is 1.57. The summed E-state index contributed by atoms with van der Waals surface area (Å²) >= 11 is 0. The maximum Gasteiger partial charge on any atom is 0.0965 e. The third-order valence-corrected chi connectivity index (χ3v) is 3.75. The van der Waals surface area contributed by atoms with Crippen molar-refractivity contribution in [2.75, 3.05) is 13.2 Å². The van der Waals surface area contributed by atoms with E-state index in [1.807, 2.05) is 10.9 Å². The van der Waals surface area contributed by atoms with Gasteiger partial charge in [-0.25, -0.2) is 4.68 Å². The van der Waals surface area contributed by atoms with E-state index in [0.717, 1.165) is 37.9 Å². The Kier molecular flexibility index (Phi) is 5.54. The lowest BCUT2D eigenvalue weighted by atomic mass is 9.83. The van der Waals surface area contributed by atoms with Crippen LogP contribution < -0.4 is 5.32 Å². The molecule has 0 bridgehead atoms. The largest absolute Gasteiger partial charge is 0.380 e. The van der Waals surface area contributed by atoms with E-state index in [9.17, 15) is 0 Å². The fraction of sp³-hybridized carbons (Fsp3) is 0.867. The number of rotatable bonds is 8. The van der Waals surface area contributed by atoms with Crippen LogP contribution in [0.5, 0.6) is 0 Å². The quantitative estimate of drug-likeness (QED) is 0.743. The molecule has 1 heterocycles. The summed E-state index contributed by atoms with van der Waals surface area (Å²) in [5.41, 5.74) is 1.09. The second-order valence-electron chi connectivity index (χ2n) is 6.77. The lowest BCUT2D eigenvalue weighted by molar-refractivity contribution is 0.0983. The zero-order chi connectivity index (χ0) is 14.4. The van der Waals surface area contributed by atoms with Crippen LogP contribution in [0.4, 0.5) is 0 Å². The van der Waals surface area contributed by atoms with Crippen molar-refractivity contribution < 1.29 is 4.74 Å². The van der Waals surface area contributed by atoms with E-state index in [-0.39, 0.29) is 5.54 Å². The van der Waals surface area contributed by atoms with E-state index in [1.165, 1.54) is 25.7 Å². The molecule has 0 atom stereocenters. The standard InChI is InChI=1S/C15H28N4O/c1-15(2,3)16-11-14-12-19(18-17-14)8-10-20-9-7-13-5-4-6-13/h12-13,16H,4-11H2,1-3H3. The molecule has 0 amide bonds. The van der Waals surface area contributed by atoms with Crippen LogP contribution in [-0.2, 0) is 17.8 Å². The van der Waals surface area contributed by atoms with Gasteiger partial charge in [-0.1, -0.05) is 24.5 Å². The Labute approximate surface area is 122 Å². The molecular weight excluding hydrogens is 252 g/mol. The first-order chi connectivity index (χ1) is 9.53. The van der Waals surface area contributed by atoms with Crippen LogP contribution in [0.2, 0.25) is 0 Å². The van der Waals surface area contributed by atoms with Crippen LogP contribution in [0.1, 0.15) is 52.1 Å². The monoisotopic (exact) mass is 280 g/mol. The van der Waals surface area contributed by atoms with Crippen LogP contribution in [0.3, 0.4) is 0 Å². The van der Waals surface area contributed by atoms with Crippen molar-refractivity contribution in [1.29, 1.82) is 0 Å². The number of hydrogen-bond donors (Lipinski definition) is 1. The molecule has 1 aliphatic carbocycles. The van der Waals surface area contributed by atoms with E-state index in [2.05, 4.69) is 36.4 Å². The molecule has 5 heteroatoms. The van der Waals surface area contributed by atoms with Gasteiger partial charge >= 0.3 is 0 Å². The summed E-state index contributed by atoms with van der Waals surface area (Å²) < 4.78 is 7.53. The highest BCUT2D eigenvalue weighted by atomic mass is 16.5.